The Labute approximate surface area is 173 Å². The van der Waals surface area contributed by atoms with Gasteiger partial charge in [0.25, 0.3) is 5.91 Å². The van der Waals surface area contributed by atoms with E-state index in [-0.39, 0.29) is 19.1 Å². The molecule has 2 amide bonds. The number of carboxylic acids is 1. The average Bonchev–Trinajstić information content (AvgIpc) is 2.68. The summed E-state index contributed by atoms with van der Waals surface area (Å²) in [6.07, 6.45) is 1.63. The van der Waals surface area contributed by atoms with Crippen LogP contribution < -0.4 is 21.0 Å². The molecule has 0 saturated heterocycles. The first kappa shape index (κ1) is 22.9. The summed E-state index contributed by atoms with van der Waals surface area (Å²) in [6.45, 7) is 4.63. The van der Waals surface area contributed by atoms with E-state index in [1.54, 1.807) is 26.0 Å². The molecule has 0 aliphatic heterocycles. The molecule has 0 saturated carbocycles. The highest BCUT2D eigenvalue weighted by Crippen LogP contribution is 2.23. The number of hydrogen-bond acceptors (Lipinski definition) is 6. The van der Waals surface area contributed by atoms with Crippen molar-refractivity contribution in [3.05, 3.63) is 40.2 Å². The summed E-state index contributed by atoms with van der Waals surface area (Å²) in [6, 6.07) is 5.41. The first-order chi connectivity index (χ1) is 14.2. The zero-order valence-electron chi connectivity index (χ0n) is 17.2. The minimum absolute atomic E-state index is 0.295. The molecule has 1 unspecified atom stereocenters. The second kappa shape index (κ2) is 10.4. The van der Waals surface area contributed by atoms with E-state index in [9.17, 15) is 19.2 Å². The predicted octanol–water partition coefficient (Wildman–Crippen LogP) is 1.47. The average molecular weight is 418 g/mol. The topological polar surface area (TPSA) is 135 Å². The van der Waals surface area contributed by atoms with Crippen molar-refractivity contribution in [2.24, 2.45) is 5.92 Å². The molecule has 2 aromatic rings. The Bertz CT molecular complexity index is 981. The van der Waals surface area contributed by atoms with E-state index in [1.807, 2.05) is 6.92 Å². The molecule has 3 N–H and O–H groups in total. The second-order valence-electron chi connectivity index (χ2n) is 7.19. The second-order valence-corrected chi connectivity index (χ2v) is 7.19. The van der Waals surface area contributed by atoms with E-state index < -0.39 is 29.5 Å². The van der Waals surface area contributed by atoms with Crippen LogP contribution in [0, 0.1) is 5.92 Å². The predicted molar refractivity (Wildman–Crippen MR) is 109 cm³/mol. The Kier molecular flexibility index (Phi) is 7.97. The fourth-order valence-electron chi connectivity index (χ4n) is 2.89. The molecular weight excluding hydrogens is 392 g/mol. The Morgan fingerprint density at radius 2 is 1.90 bits per heavy atom. The van der Waals surface area contributed by atoms with E-state index >= 15 is 0 Å². The highest BCUT2D eigenvalue weighted by molar-refractivity contribution is 5.88. The molecule has 1 aromatic carbocycles. The van der Waals surface area contributed by atoms with Crippen molar-refractivity contribution < 1.29 is 28.6 Å². The maximum absolute atomic E-state index is 11.9. The van der Waals surface area contributed by atoms with Crippen LogP contribution in [0.2, 0.25) is 0 Å². The van der Waals surface area contributed by atoms with Gasteiger partial charge in [-0.3, -0.25) is 9.59 Å². The van der Waals surface area contributed by atoms with Gasteiger partial charge in [0.15, 0.2) is 6.61 Å². The Morgan fingerprint density at radius 1 is 1.17 bits per heavy atom. The van der Waals surface area contributed by atoms with Crippen molar-refractivity contribution in [1.82, 2.24) is 10.6 Å². The molecule has 30 heavy (non-hydrogen) atoms. The van der Waals surface area contributed by atoms with E-state index in [0.29, 0.717) is 11.3 Å². The fraction of sp³-hybridized carbons (Fsp3) is 0.429. The highest BCUT2D eigenvalue weighted by Gasteiger charge is 2.23. The number of rotatable bonds is 10. The number of hydrogen-bond donors (Lipinski definition) is 3. The first-order valence-corrected chi connectivity index (χ1v) is 9.69. The molecule has 0 radical (unpaired) electrons. The summed E-state index contributed by atoms with van der Waals surface area (Å²) in [5.41, 5.74) is 0.810. The summed E-state index contributed by atoms with van der Waals surface area (Å²) in [4.78, 5) is 46.6. The van der Waals surface area contributed by atoms with Crippen LogP contribution in [-0.4, -0.2) is 42.1 Å². The maximum Gasteiger partial charge on any atom is 0.336 e. The number of nitrogens with one attached hydrogen (secondary N) is 2. The molecule has 1 aromatic heterocycles. The lowest BCUT2D eigenvalue weighted by Gasteiger charge is -2.18. The summed E-state index contributed by atoms with van der Waals surface area (Å²) < 4.78 is 10.6. The van der Waals surface area contributed by atoms with Gasteiger partial charge in [-0.25, -0.2) is 9.59 Å². The van der Waals surface area contributed by atoms with Gasteiger partial charge in [0.05, 0.1) is 6.54 Å². The standard InChI is InChI=1S/C21H26N2O7/c1-4-5-13-8-19(26)30-16-9-14(6-7-15(13)16)29-11-18(25)22-10-17(24)23-20(12(2)3)21(27)28/h6-9,12,20H,4-5,10-11H2,1-3H3,(H,22,25)(H,23,24)(H,27,28). The number of carbonyl (C=O) groups excluding carboxylic acids is 2. The number of aliphatic carboxylic acids is 1. The summed E-state index contributed by atoms with van der Waals surface area (Å²) in [5, 5.41) is 14.6. The lowest BCUT2D eigenvalue weighted by Crippen LogP contribution is -2.48. The Hall–Kier alpha value is -3.36. The molecule has 0 aliphatic rings. The summed E-state index contributed by atoms with van der Waals surface area (Å²) >= 11 is 0. The zero-order chi connectivity index (χ0) is 22.3. The van der Waals surface area contributed by atoms with Gasteiger partial charge in [-0.1, -0.05) is 27.2 Å². The van der Waals surface area contributed by atoms with Crippen molar-refractivity contribution in [3.63, 3.8) is 0 Å². The SMILES string of the molecule is CCCc1cc(=O)oc2cc(OCC(=O)NCC(=O)NC(C(=O)O)C(C)C)ccc12. The molecule has 0 fully saturated rings. The van der Waals surface area contributed by atoms with Gasteiger partial charge in [-0.05, 0) is 30.0 Å². The molecule has 9 heteroatoms. The van der Waals surface area contributed by atoms with Crippen molar-refractivity contribution in [2.45, 2.75) is 39.7 Å². The molecule has 0 spiro atoms. The maximum atomic E-state index is 11.9. The van der Waals surface area contributed by atoms with Crippen LogP contribution in [0.15, 0.2) is 33.5 Å². The lowest BCUT2D eigenvalue weighted by atomic mass is 10.1. The van der Waals surface area contributed by atoms with Crippen LogP contribution in [0.1, 0.15) is 32.8 Å². The molecule has 162 valence electrons. The number of amides is 2. The van der Waals surface area contributed by atoms with Crippen LogP contribution in [0.5, 0.6) is 5.75 Å². The van der Waals surface area contributed by atoms with Crippen molar-refractivity contribution in [2.75, 3.05) is 13.2 Å². The van der Waals surface area contributed by atoms with Crippen LogP contribution >= 0.6 is 0 Å². The third kappa shape index (κ3) is 6.33. The zero-order valence-corrected chi connectivity index (χ0v) is 17.2. The minimum atomic E-state index is -1.14. The van der Waals surface area contributed by atoms with Crippen molar-refractivity contribution in [3.8, 4) is 5.75 Å². The number of ether oxygens (including phenoxy) is 1. The fourth-order valence-corrected chi connectivity index (χ4v) is 2.89. The van der Waals surface area contributed by atoms with Crippen molar-refractivity contribution >= 4 is 28.8 Å². The van der Waals surface area contributed by atoms with Gasteiger partial charge < -0.3 is 24.9 Å². The summed E-state index contributed by atoms with van der Waals surface area (Å²) in [7, 11) is 0. The van der Waals surface area contributed by atoms with E-state index in [0.717, 1.165) is 23.8 Å². The smallest absolute Gasteiger partial charge is 0.336 e. The van der Waals surface area contributed by atoms with Crippen LogP contribution in [-0.2, 0) is 20.8 Å². The van der Waals surface area contributed by atoms with Gasteiger partial charge in [0, 0.05) is 17.5 Å². The molecule has 9 nitrogen and oxygen atoms in total. The van der Waals surface area contributed by atoms with Crippen LogP contribution in [0.4, 0.5) is 0 Å². The number of carboxylic acid groups (broad SMARTS) is 1. The van der Waals surface area contributed by atoms with Gasteiger partial charge in [-0.2, -0.15) is 0 Å². The van der Waals surface area contributed by atoms with E-state index in [4.69, 9.17) is 14.3 Å². The number of fused-ring (bicyclic) bond motifs is 1. The molecule has 1 atom stereocenters. The Morgan fingerprint density at radius 3 is 2.53 bits per heavy atom. The Balaban J connectivity index is 1.91. The number of aryl methyl sites for hydroxylation is 1. The molecular formula is C21H26N2O7. The van der Waals surface area contributed by atoms with Gasteiger partial charge in [0.2, 0.25) is 5.91 Å². The molecule has 1 heterocycles. The highest BCUT2D eigenvalue weighted by atomic mass is 16.5. The molecule has 0 aliphatic carbocycles. The molecule has 0 bridgehead atoms. The van der Waals surface area contributed by atoms with E-state index in [1.165, 1.54) is 12.1 Å². The van der Waals surface area contributed by atoms with Gasteiger partial charge >= 0.3 is 11.6 Å². The van der Waals surface area contributed by atoms with Gasteiger partial charge in [-0.15, -0.1) is 0 Å². The third-order valence-electron chi connectivity index (χ3n) is 4.39. The summed E-state index contributed by atoms with van der Waals surface area (Å²) in [5.74, 6) is -2.26. The van der Waals surface area contributed by atoms with Crippen molar-refractivity contribution in [1.29, 1.82) is 0 Å². The van der Waals surface area contributed by atoms with Crippen LogP contribution in [0.3, 0.4) is 0 Å². The number of carbonyl (C=O) groups is 3. The van der Waals surface area contributed by atoms with E-state index in [2.05, 4.69) is 10.6 Å². The number of benzene rings is 1. The first-order valence-electron chi connectivity index (χ1n) is 9.69. The largest absolute Gasteiger partial charge is 0.484 e. The minimum Gasteiger partial charge on any atom is -0.484 e. The monoisotopic (exact) mass is 418 g/mol. The molecule has 2 rings (SSSR count). The van der Waals surface area contributed by atoms with Crippen LogP contribution in [0.25, 0.3) is 11.0 Å². The lowest BCUT2D eigenvalue weighted by molar-refractivity contribution is -0.143. The normalized spacial score (nSPS) is 11.9. The quantitative estimate of drug-likeness (QED) is 0.497. The third-order valence-corrected chi connectivity index (χ3v) is 4.39. The van der Waals surface area contributed by atoms with Gasteiger partial charge in [0.1, 0.15) is 17.4 Å².